The lowest BCUT2D eigenvalue weighted by molar-refractivity contribution is 0.0178. The lowest BCUT2D eigenvalue weighted by Gasteiger charge is -2.26. The molecule has 0 heterocycles. The zero-order valence-corrected chi connectivity index (χ0v) is 22.5. The highest BCUT2D eigenvalue weighted by Gasteiger charge is 2.19. The Bertz CT molecular complexity index is 1060. The summed E-state index contributed by atoms with van der Waals surface area (Å²) in [7, 11) is 1.63. The van der Waals surface area contributed by atoms with Gasteiger partial charge in [-0.2, -0.15) is 0 Å². The molecule has 0 saturated heterocycles. The van der Waals surface area contributed by atoms with Gasteiger partial charge in [-0.05, 0) is 73.7 Å². The maximum atomic E-state index is 12.8. The quantitative estimate of drug-likeness (QED) is 0.155. The van der Waals surface area contributed by atoms with Gasteiger partial charge in [0.15, 0.2) is 0 Å². The number of hydrogen-bond acceptors (Lipinski definition) is 7. The monoisotopic (exact) mass is 547 g/mol. The molecule has 0 aliphatic carbocycles. The minimum Gasteiger partial charge on any atom is -0.490 e. The van der Waals surface area contributed by atoms with Gasteiger partial charge < -0.3 is 28.6 Å². The molecule has 3 aromatic rings. The third-order valence-corrected chi connectivity index (χ3v) is 5.68. The smallest absolute Gasteiger partial charge is 0.341 e. The van der Waals surface area contributed by atoms with Gasteiger partial charge in [0.2, 0.25) is 0 Å². The zero-order valence-electron chi connectivity index (χ0n) is 21.0. The van der Waals surface area contributed by atoms with Crippen LogP contribution in [-0.2, 0) is 18.9 Å². The Labute approximate surface area is 227 Å². The first kappa shape index (κ1) is 28.8. The molecule has 0 saturated carbocycles. The fraction of sp³-hybridized carbons (Fsp3) is 0.321. The second kappa shape index (κ2) is 15.4. The van der Waals surface area contributed by atoms with Crippen molar-refractivity contribution in [2.24, 2.45) is 0 Å². The van der Waals surface area contributed by atoms with Gasteiger partial charge in [-0.25, -0.2) is 4.79 Å². The summed E-state index contributed by atoms with van der Waals surface area (Å²) >= 11 is 12.2. The maximum Gasteiger partial charge on any atom is 0.341 e. The largest absolute Gasteiger partial charge is 0.490 e. The standard InChI is InChI=1S/C28H31Cl2NO6/c1-3-36-28(32)26-20-25(12-13-27(26)37-19-18-35-17-16-34-15-14-33-2)31(23-8-4-21(29)5-9-23)24-10-6-22(30)7-11-24/h4-13,20H,3,14-19H2,1-2H3. The molecule has 0 N–H and O–H groups in total. The van der Waals surface area contributed by atoms with E-state index in [1.54, 1.807) is 26.2 Å². The number of benzene rings is 3. The Hall–Kier alpha value is -2.81. The summed E-state index contributed by atoms with van der Waals surface area (Å²) in [6.45, 7) is 4.59. The molecule has 7 nitrogen and oxygen atoms in total. The van der Waals surface area contributed by atoms with Crippen LogP contribution in [0.25, 0.3) is 0 Å². The normalized spacial score (nSPS) is 10.8. The van der Waals surface area contributed by atoms with Crippen LogP contribution in [0.3, 0.4) is 0 Å². The molecule has 3 rings (SSSR count). The van der Waals surface area contributed by atoms with Crippen molar-refractivity contribution < 1.29 is 28.5 Å². The lowest BCUT2D eigenvalue weighted by Crippen LogP contribution is -2.15. The summed E-state index contributed by atoms with van der Waals surface area (Å²) in [5, 5.41) is 1.25. The van der Waals surface area contributed by atoms with E-state index in [0.29, 0.717) is 54.4 Å². The first-order valence-corrected chi connectivity index (χ1v) is 12.7. The van der Waals surface area contributed by atoms with E-state index in [1.165, 1.54) is 0 Å². The van der Waals surface area contributed by atoms with Crippen molar-refractivity contribution in [2.75, 3.05) is 58.3 Å². The van der Waals surface area contributed by atoms with E-state index in [0.717, 1.165) is 17.1 Å². The fourth-order valence-electron chi connectivity index (χ4n) is 3.45. The van der Waals surface area contributed by atoms with Crippen LogP contribution < -0.4 is 9.64 Å². The molecular weight excluding hydrogens is 517 g/mol. The third kappa shape index (κ3) is 8.91. The summed E-state index contributed by atoms with van der Waals surface area (Å²) in [6.07, 6.45) is 0. The second-order valence-corrected chi connectivity index (χ2v) is 8.63. The van der Waals surface area contributed by atoms with E-state index < -0.39 is 5.97 Å². The van der Waals surface area contributed by atoms with Gasteiger partial charge >= 0.3 is 5.97 Å². The molecule has 0 radical (unpaired) electrons. The van der Waals surface area contributed by atoms with Crippen LogP contribution in [0.5, 0.6) is 5.75 Å². The van der Waals surface area contributed by atoms with E-state index in [1.807, 2.05) is 59.5 Å². The van der Waals surface area contributed by atoms with Gasteiger partial charge in [-0.15, -0.1) is 0 Å². The number of hydrogen-bond donors (Lipinski definition) is 0. The van der Waals surface area contributed by atoms with Gasteiger partial charge in [-0.1, -0.05) is 23.2 Å². The average molecular weight is 548 g/mol. The Balaban J connectivity index is 1.79. The molecule has 0 bridgehead atoms. The first-order chi connectivity index (χ1) is 18.0. The molecule has 37 heavy (non-hydrogen) atoms. The van der Waals surface area contributed by atoms with E-state index >= 15 is 0 Å². The molecule has 0 atom stereocenters. The molecule has 0 aromatic heterocycles. The van der Waals surface area contributed by atoms with Crippen LogP contribution in [-0.4, -0.2) is 59.3 Å². The van der Waals surface area contributed by atoms with Crippen LogP contribution in [0.1, 0.15) is 17.3 Å². The molecule has 0 spiro atoms. The van der Waals surface area contributed by atoms with Crippen LogP contribution >= 0.6 is 23.2 Å². The maximum absolute atomic E-state index is 12.8. The first-order valence-electron chi connectivity index (χ1n) is 11.9. The van der Waals surface area contributed by atoms with Crippen molar-refractivity contribution in [1.29, 1.82) is 0 Å². The topological polar surface area (TPSA) is 66.5 Å². The fourth-order valence-corrected chi connectivity index (χ4v) is 3.71. The van der Waals surface area contributed by atoms with Crippen LogP contribution in [0, 0.1) is 0 Å². The number of esters is 1. The van der Waals surface area contributed by atoms with Gasteiger partial charge in [0, 0.05) is 34.2 Å². The van der Waals surface area contributed by atoms with Crippen LogP contribution in [0.2, 0.25) is 10.0 Å². The molecule has 198 valence electrons. The minimum atomic E-state index is -0.473. The number of halogens is 2. The highest BCUT2D eigenvalue weighted by molar-refractivity contribution is 6.31. The molecular formula is C28H31Cl2NO6. The predicted octanol–water partition coefficient (Wildman–Crippen LogP) is 6.70. The van der Waals surface area contributed by atoms with Crippen molar-refractivity contribution in [3.05, 3.63) is 82.3 Å². The lowest BCUT2D eigenvalue weighted by atomic mass is 10.1. The third-order valence-electron chi connectivity index (χ3n) is 5.18. The molecule has 0 fully saturated rings. The van der Waals surface area contributed by atoms with Crippen molar-refractivity contribution in [2.45, 2.75) is 6.92 Å². The predicted molar refractivity (Wildman–Crippen MR) is 146 cm³/mol. The van der Waals surface area contributed by atoms with E-state index in [9.17, 15) is 4.79 Å². The Morgan fingerprint density at radius 1 is 0.730 bits per heavy atom. The van der Waals surface area contributed by atoms with Crippen molar-refractivity contribution in [3.8, 4) is 5.75 Å². The summed E-state index contributed by atoms with van der Waals surface area (Å²) < 4.78 is 27.0. The zero-order chi connectivity index (χ0) is 26.5. The second-order valence-electron chi connectivity index (χ2n) is 7.76. The van der Waals surface area contributed by atoms with Gasteiger partial charge in [0.1, 0.15) is 17.9 Å². The number of anilines is 3. The van der Waals surface area contributed by atoms with Crippen LogP contribution in [0.4, 0.5) is 17.1 Å². The number of ether oxygens (including phenoxy) is 5. The van der Waals surface area contributed by atoms with Crippen LogP contribution in [0.15, 0.2) is 66.7 Å². The number of rotatable bonds is 15. The number of methoxy groups -OCH3 is 1. The Kier molecular flexibility index (Phi) is 12.0. The summed E-state index contributed by atoms with van der Waals surface area (Å²) in [4.78, 5) is 14.8. The van der Waals surface area contributed by atoms with E-state index in [4.69, 9.17) is 46.9 Å². The molecule has 0 aliphatic heterocycles. The average Bonchev–Trinajstić information content (AvgIpc) is 2.90. The number of carbonyl (C=O) groups excluding carboxylic acids is 1. The SMILES string of the molecule is CCOC(=O)c1cc(N(c2ccc(Cl)cc2)c2ccc(Cl)cc2)ccc1OCCOCCOCCOC. The van der Waals surface area contributed by atoms with Crippen molar-refractivity contribution in [1.82, 2.24) is 0 Å². The molecule has 0 aliphatic rings. The molecule has 0 amide bonds. The van der Waals surface area contributed by atoms with Gasteiger partial charge in [0.05, 0.1) is 39.6 Å². The minimum absolute atomic E-state index is 0.243. The number of nitrogens with zero attached hydrogens (tertiary/aromatic N) is 1. The Morgan fingerprint density at radius 3 is 1.78 bits per heavy atom. The summed E-state index contributed by atoms with van der Waals surface area (Å²) in [5.74, 6) is -0.0618. The molecule has 9 heteroatoms. The van der Waals surface area contributed by atoms with Crippen molar-refractivity contribution >= 4 is 46.2 Å². The summed E-state index contributed by atoms with van der Waals surface area (Å²) in [5.41, 5.74) is 2.77. The Morgan fingerprint density at radius 2 is 1.24 bits per heavy atom. The number of carbonyl (C=O) groups is 1. The van der Waals surface area contributed by atoms with Crippen molar-refractivity contribution in [3.63, 3.8) is 0 Å². The van der Waals surface area contributed by atoms with E-state index in [2.05, 4.69) is 0 Å². The summed E-state index contributed by atoms with van der Waals surface area (Å²) in [6, 6.07) is 20.3. The molecule has 0 unspecified atom stereocenters. The van der Waals surface area contributed by atoms with E-state index in [-0.39, 0.29) is 13.2 Å². The van der Waals surface area contributed by atoms with Gasteiger partial charge in [-0.3, -0.25) is 0 Å². The highest BCUT2D eigenvalue weighted by atomic mass is 35.5. The highest BCUT2D eigenvalue weighted by Crippen LogP contribution is 2.37. The molecule has 3 aromatic carbocycles. The van der Waals surface area contributed by atoms with Gasteiger partial charge in [0.25, 0.3) is 0 Å².